The first-order valence-corrected chi connectivity index (χ1v) is 7.66. The molecule has 122 valence electrons. The minimum Gasteiger partial charge on any atom is -0.477 e. The lowest BCUT2D eigenvalue weighted by Crippen LogP contribution is -2.38. The van der Waals surface area contributed by atoms with Crippen molar-refractivity contribution >= 4 is 17.5 Å². The number of carbonyl (C=O) groups is 1. The van der Waals surface area contributed by atoms with Crippen molar-refractivity contribution < 1.29 is 14.6 Å². The molecule has 1 unspecified atom stereocenters. The topological polar surface area (TPSA) is 71.5 Å². The van der Waals surface area contributed by atoms with Crippen molar-refractivity contribution in [2.24, 2.45) is 0 Å². The van der Waals surface area contributed by atoms with E-state index in [1.54, 1.807) is 6.92 Å². The number of aromatic nitrogens is 1. The zero-order valence-corrected chi connectivity index (χ0v) is 13.8. The predicted octanol–water partition coefficient (Wildman–Crippen LogP) is 2.77. The van der Waals surface area contributed by atoms with Gasteiger partial charge in [-0.3, -0.25) is 4.79 Å². The van der Waals surface area contributed by atoms with Crippen molar-refractivity contribution in [3.8, 4) is 5.88 Å². The third-order valence-corrected chi connectivity index (χ3v) is 3.61. The van der Waals surface area contributed by atoms with Gasteiger partial charge in [0.15, 0.2) is 0 Å². The number of nitrogens with one attached hydrogen (secondary N) is 1. The molecule has 0 fully saturated rings. The first kappa shape index (κ1) is 17.2. The minimum absolute atomic E-state index is 0.0701. The standard InChI is InChI=1S/C17H19ClN2O3/c1-3-23-16-14(18)9-12(10-19-16)15(21)20-11-17(2,22)13-7-5-4-6-8-13/h4-10,22H,3,11H2,1-2H3,(H,20,21). The zero-order chi connectivity index (χ0) is 16.9. The van der Waals surface area contributed by atoms with Crippen molar-refractivity contribution in [1.82, 2.24) is 10.3 Å². The number of nitrogens with zero attached hydrogens (tertiary/aromatic N) is 1. The highest BCUT2D eigenvalue weighted by atomic mass is 35.5. The normalized spacial score (nSPS) is 13.2. The first-order chi connectivity index (χ1) is 10.9. The molecule has 1 atom stereocenters. The highest BCUT2D eigenvalue weighted by Gasteiger charge is 2.24. The van der Waals surface area contributed by atoms with Gasteiger partial charge >= 0.3 is 0 Å². The third kappa shape index (κ3) is 4.43. The lowest BCUT2D eigenvalue weighted by molar-refractivity contribution is 0.0526. The van der Waals surface area contributed by atoms with Gasteiger partial charge in [-0.25, -0.2) is 4.98 Å². The maximum atomic E-state index is 12.2. The second-order valence-corrected chi connectivity index (χ2v) is 5.67. The number of aliphatic hydroxyl groups is 1. The Morgan fingerprint density at radius 2 is 2.09 bits per heavy atom. The summed E-state index contributed by atoms with van der Waals surface area (Å²) < 4.78 is 5.23. The van der Waals surface area contributed by atoms with E-state index >= 15 is 0 Å². The largest absolute Gasteiger partial charge is 0.477 e. The Bertz CT molecular complexity index is 675. The monoisotopic (exact) mass is 334 g/mol. The smallest absolute Gasteiger partial charge is 0.253 e. The van der Waals surface area contributed by atoms with Crippen LogP contribution in [0.1, 0.15) is 29.8 Å². The van der Waals surface area contributed by atoms with Crippen molar-refractivity contribution in [3.63, 3.8) is 0 Å². The average molecular weight is 335 g/mol. The Morgan fingerprint density at radius 3 is 2.70 bits per heavy atom. The summed E-state index contributed by atoms with van der Waals surface area (Å²) >= 11 is 6.02. The van der Waals surface area contributed by atoms with Gasteiger partial charge in [-0.2, -0.15) is 0 Å². The molecule has 1 amide bonds. The molecule has 0 aliphatic rings. The van der Waals surface area contributed by atoms with Crippen LogP contribution in [0.2, 0.25) is 5.02 Å². The molecule has 23 heavy (non-hydrogen) atoms. The van der Waals surface area contributed by atoms with Crippen LogP contribution in [0, 0.1) is 0 Å². The number of rotatable bonds is 6. The Hall–Kier alpha value is -2.11. The lowest BCUT2D eigenvalue weighted by atomic mass is 9.96. The minimum atomic E-state index is -1.17. The van der Waals surface area contributed by atoms with E-state index in [1.807, 2.05) is 37.3 Å². The molecule has 0 spiro atoms. The SMILES string of the molecule is CCOc1ncc(C(=O)NCC(C)(O)c2ccccc2)cc1Cl. The zero-order valence-electron chi connectivity index (χ0n) is 13.0. The van der Waals surface area contributed by atoms with Gasteiger partial charge in [0.25, 0.3) is 5.91 Å². The average Bonchev–Trinajstić information content (AvgIpc) is 2.55. The number of carbonyl (C=O) groups excluding carboxylic acids is 1. The van der Waals surface area contributed by atoms with Crippen LogP contribution < -0.4 is 10.1 Å². The summed E-state index contributed by atoms with van der Waals surface area (Å²) in [7, 11) is 0. The molecular weight excluding hydrogens is 316 g/mol. The van der Waals surface area contributed by atoms with Gasteiger partial charge in [0.1, 0.15) is 10.6 Å². The molecule has 2 rings (SSSR count). The van der Waals surface area contributed by atoms with Gasteiger partial charge in [-0.15, -0.1) is 0 Å². The van der Waals surface area contributed by atoms with E-state index in [1.165, 1.54) is 12.3 Å². The van der Waals surface area contributed by atoms with Gasteiger partial charge in [0, 0.05) is 6.20 Å². The van der Waals surface area contributed by atoms with Gasteiger partial charge in [0.05, 0.1) is 18.7 Å². The van der Waals surface area contributed by atoms with Gasteiger partial charge in [-0.1, -0.05) is 41.9 Å². The molecule has 2 aromatic rings. The van der Waals surface area contributed by atoms with E-state index in [0.717, 1.165) is 5.56 Å². The molecule has 2 N–H and O–H groups in total. The fourth-order valence-corrected chi connectivity index (χ4v) is 2.27. The van der Waals surface area contributed by atoms with Crippen LogP contribution in [0.3, 0.4) is 0 Å². The highest BCUT2D eigenvalue weighted by Crippen LogP contribution is 2.23. The Labute approximate surface area is 140 Å². The van der Waals surface area contributed by atoms with Crippen LogP contribution in [-0.2, 0) is 5.60 Å². The molecule has 0 saturated heterocycles. The number of hydrogen-bond donors (Lipinski definition) is 2. The fourth-order valence-electron chi connectivity index (χ4n) is 2.05. The van der Waals surface area contributed by atoms with Crippen LogP contribution in [0.15, 0.2) is 42.6 Å². The lowest BCUT2D eigenvalue weighted by Gasteiger charge is -2.24. The summed E-state index contributed by atoms with van der Waals surface area (Å²) in [6.45, 7) is 3.98. The molecule has 0 bridgehead atoms. The fraction of sp³-hybridized carbons (Fsp3) is 0.294. The van der Waals surface area contributed by atoms with Gasteiger partial charge in [0.2, 0.25) is 5.88 Å². The van der Waals surface area contributed by atoms with E-state index in [0.29, 0.717) is 18.1 Å². The van der Waals surface area contributed by atoms with Crippen molar-refractivity contribution in [1.29, 1.82) is 0 Å². The summed E-state index contributed by atoms with van der Waals surface area (Å²) in [5, 5.41) is 13.4. The quantitative estimate of drug-likeness (QED) is 0.852. The van der Waals surface area contributed by atoms with E-state index in [9.17, 15) is 9.90 Å². The van der Waals surface area contributed by atoms with Gasteiger partial charge in [-0.05, 0) is 25.5 Å². The molecule has 6 heteroatoms. The predicted molar refractivity (Wildman–Crippen MR) is 88.8 cm³/mol. The number of ether oxygens (including phenoxy) is 1. The van der Waals surface area contributed by atoms with Crippen LogP contribution in [0.5, 0.6) is 5.88 Å². The summed E-state index contributed by atoms with van der Waals surface area (Å²) in [6, 6.07) is 10.6. The summed E-state index contributed by atoms with van der Waals surface area (Å²) in [5.74, 6) is -0.0688. The summed E-state index contributed by atoms with van der Waals surface area (Å²) in [6.07, 6.45) is 1.39. The Balaban J connectivity index is 2.03. The van der Waals surface area contributed by atoms with E-state index in [4.69, 9.17) is 16.3 Å². The molecule has 0 aliphatic heterocycles. The van der Waals surface area contributed by atoms with Crippen LogP contribution in [0.4, 0.5) is 0 Å². The molecule has 0 aliphatic carbocycles. The van der Waals surface area contributed by atoms with Crippen LogP contribution in [-0.4, -0.2) is 29.1 Å². The molecule has 5 nitrogen and oxygen atoms in total. The third-order valence-electron chi connectivity index (χ3n) is 3.34. The molecular formula is C17H19ClN2O3. The maximum absolute atomic E-state index is 12.2. The van der Waals surface area contributed by atoms with Crippen LogP contribution in [0.25, 0.3) is 0 Å². The number of pyridine rings is 1. The van der Waals surface area contributed by atoms with E-state index in [-0.39, 0.29) is 17.5 Å². The van der Waals surface area contributed by atoms with Gasteiger partial charge < -0.3 is 15.2 Å². The van der Waals surface area contributed by atoms with E-state index < -0.39 is 5.60 Å². The number of halogens is 1. The molecule has 1 heterocycles. The number of hydrogen-bond acceptors (Lipinski definition) is 4. The van der Waals surface area contributed by atoms with Crippen molar-refractivity contribution in [2.75, 3.05) is 13.2 Å². The summed E-state index contributed by atoms with van der Waals surface area (Å²) in [5.41, 5.74) is -0.134. The Morgan fingerprint density at radius 1 is 1.39 bits per heavy atom. The number of amides is 1. The molecule has 1 aromatic heterocycles. The first-order valence-electron chi connectivity index (χ1n) is 7.28. The number of benzene rings is 1. The highest BCUT2D eigenvalue weighted by molar-refractivity contribution is 6.32. The molecule has 1 aromatic carbocycles. The Kier molecular flexibility index (Phi) is 5.58. The van der Waals surface area contributed by atoms with Crippen molar-refractivity contribution in [3.05, 3.63) is 58.7 Å². The molecule has 0 radical (unpaired) electrons. The summed E-state index contributed by atoms with van der Waals surface area (Å²) in [4.78, 5) is 16.2. The van der Waals surface area contributed by atoms with E-state index in [2.05, 4.69) is 10.3 Å². The van der Waals surface area contributed by atoms with Crippen LogP contribution >= 0.6 is 11.6 Å². The molecule has 0 saturated carbocycles. The second-order valence-electron chi connectivity index (χ2n) is 5.27. The maximum Gasteiger partial charge on any atom is 0.253 e. The second kappa shape index (κ2) is 7.44. The van der Waals surface area contributed by atoms with Crippen molar-refractivity contribution in [2.45, 2.75) is 19.4 Å².